The number of allylic oxidation sites excluding steroid dienone is 1. The Balaban J connectivity index is 1.56. The molecule has 1 aliphatic heterocycles. The molecule has 6 rings (SSSR count). The first kappa shape index (κ1) is 22.6. The quantitative estimate of drug-likeness (QED) is 0.403. The molecule has 1 aromatic heterocycles. The Labute approximate surface area is 213 Å². The Kier molecular flexibility index (Phi) is 5.82. The molecule has 0 spiro atoms. The SMILES string of the molecule is CCOc1cc(C=c2sc3n(c2=O)[C@@H](c2ccccc2)C2=C(N=3)c3ccccc3CC2)ccc1OC. The second-order valence-electron chi connectivity index (χ2n) is 8.87. The van der Waals surface area contributed by atoms with Crippen LogP contribution in [0.2, 0.25) is 0 Å². The van der Waals surface area contributed by atoms with Gasteiger partial charge in [-0.25, -0.2) is 4.99 Å². The Morgan fingerprint density at radius 1 is 1.03 bits per heavy atom. The van der Waals surface area contributed by atoms with Crippen molar-refractivity contribution >= 4 is 23.1 Å². The largest absolute Gasteiger partial charge is 0.493 e. The molecule has 0 unspecified atom stereocenters. The first-order valence-electron chi connectivity index (χ1n) is 12.2. The zero-order chi connectivity index (χ0) is 24.6. The maximum Gasteiger partial charge on any atom is 0.271 e. The van der Waals surface area contributed by atoms with Gasteiger partial charge in [-0.2, -0.15) is 0 Å². The third-order valence-electron chi connectivity index (χ3n) is 6.77. The summed E-state index contributed by atoms with van der Waals surface area (Å²) in [5.74, 6) is 1.33. The molecule has 180 valence electrons. The molecule has 4 aromatic rings. The lowest BCUT2D eigenvalue weighted by atomic mass is 9.83. The Morgan fingerprint density at radius 2 is 1.83 bits per heavy atom. The number of fused-ring (bicyclic) bond motifs is 3. The van der Waals surface area contributed by atoms with E-state index in [9.17, 15) is 4.79 Å². The number of methoxy groups -OCH3 is 1. The van der Waals surface area contributed by atoms with Crippen molar-refractivity contribution in [2.24, 2.45) is 4.99 Å². The molecule has 0 saturated carbocycles. The number of benzene rings is 3. The van der Waals surface area contributed by atoms with E-state index in [2.05, 4.69) is 36.4 Å². The average Bonchev–Trinajstić information content (AvgIpc) is 3.22. The normalized spacial score (nSPS) is 16.6. The Bertz CT molecular complexity index is 1660. The zero-order valence-corrected chi connectivity index (χ0v) is 21.0. The molecule has 36 heavy (non-hydrogen) atoms. The van der Waals surface area contributed by atoms with Crippen molar-refractivity contribution in [2.75, 3.05) is 13.7 Å². The van der Waals surface area contributed by atoms with Gasteiger partial charge in [0.05, 0.1) is 30.0 Å². The van der Waals surface area contributed by atoms with Gasteiger partial charge in [-0.3, -0.25) is 9.36 Å². The van der Waals surface area contributed by atoms with E-state index in [4.69, 9.17) is 14.5 Å². The topological polar surface area (TPSA) is 52.8 Å². The van der Waals surface area contributed by atoms with Crippen molar-refractivity contribution in [1.82, 2.24) is 4.57 Å². The molecule has 6 heteroatoms. The van der Waals surface area contributed by atoms with Crippen molar-refractivity contribution in [2.45, 2.75) is 25.8 Å². The molecule has 0 amide bonds. The van der Waals surface area contributed by atoms with Gasteiger partial charge in [-0.05, 0) is 60.2 Å². The average molecular weight is 495 g/mol. The maximum absolute atomic E-state index is 13.9. The van der Waals surface area contributed by atoms with Crippen LogP contribution >= 0.6 is 11.3 Å². The molecule has 3 aromatic carbocycles. The number of hydrogen-bond acceptors (Lipinski definition) is 5. The summed E-state index contributed by atoms with van der Waals surface area (Å²) in [7, 11) is 1.62. The lowest BCUT2D eigenvalue weighted by Gasteiger charge is -2.30. The minimum absolute atomic E-state index is 0.0215. The van der Waals surface area contributed by atoms with Gasteiger partial charge in [0.1, 0.15) is 0 Å². The molecule has 2 aliphatic rings. The highest BCUT2D eigenvalue weighted by atomic mass is 32.1. The fourth-order valence-electron chi connectivity index (χ4n) is 5.16. The zero-order valence-electron chi connectivity index (χ0n) is 20.2. The second-order valence-corrected chi connectivity index (χ2v) is 9.88. The number of aryl methyl sites for hydroxylation is 1. The van der Waals surface area contributed by atoms with Crippen molar-refractivity contribution in [3.05, 3.63) is 120 Å². The van der Waals surface area contributed by atoms with Crippen LogP contribution in [0.15, 0.2) is 88.2 Å². The van der Waals surface area contributed by atoms with E-state index in [1.54, 1.807) is 7.11 Å². The monoisotopic (exact) mass is 494 g/mol. The molecular weight excluding hydrogens is 468 g/mol. The molecule has 0 bridgehead atoms. The number of aromatic nitrogens is 1. The maximum atomic E-state index is 13.9. The Hall–Kier alpha value is -3.90. The smallest absolute Gasteiger partial charge is 0.271 e. The molecule has 0 saturated heterocycles. The van der Waals surface area contributed by atoms with E-state index >= 15 is 0 Å². The number of rotatable bonds is 5. The van der Waals surface area contributed by atoms with Gasteiger partial charge in [0.15, 0.2) is 16.3 Å². The van der Waals surface area contributed by atoms with Crippen LogP contribution in [0.25, 0.3) is 11.8 Å². The van der Waals surface area contributed by atoms with Crippen molar-refractivity contribution in [3.8, 4) is 11.5 Å². The summed E-state index contributed by atoms with van der Waals surface area (Å²) in [5, 5.41) is 0. The van der Waals surface area contributed by atoms with Gasteiger partial charge >= 0.3 is 0 Å². The van der Waals surface area contributed by atoms with Crippen LogP contribution in [-0.2, 0) is 6.42 Å². The van der Waals surface area contributed by atoms with Gasteiger partial charge in [-0.1, -0.05) is 72.0 Å². The summed E-state index contributed by atoms with van der Waals surface area (Å²) in [4.78, 5) is 19.7. The van der Waals surface area contributed by atoms with Crippen LogP contribution in [0, 0.1) is 0 Å². The van der Waals surface area contributed by atoms with Crippen LogP contribution < -0.4 is 24.4 Å². The van der Waals surface area contributed by atoms with Crippen LogP contribution in [0.5, 0.6) is 11.5 Å². The molecule has 2 heterocycles. The van der Waals surface area contributed by atoms with E-state index in [0.717, 1.165) is 34.5 Å². The van der Waals surface area contributed by atoms with Gasteiger partial charge in [0.25, 0.3) is 5.56 Å². The fraction of sp³-hybridized carbons (Fsp3) is 0.200. The summed E-state index contributed by atoms with van der Waals surface area (Å²) in [5.41, 5.74) is 6.68. The number of hydrogen-bond donors (Lipinski definition) is 0. The number of nitrogens with zero attached hydrogens (tertiary/aromatic N) is 2. The highest BCUT2D eigenvalue weighted by molar-refractivity contribution is 7.07. The minimum Gasteiger partial charge on any atom is -0.493 e. The van der Waals surface area contributed by atoms with Gasteiger partial charge in [0.2, 0.25) is 0 Å². The number of ether oxygens (including phenoxy) is 2. The van der Waals surface area contributed by atoms with Crippen LogP contribution in [0.3, 0.4) is 0 Å². The lowest BCUT2D eigenvalue weighted by Crippen LogP contribution is -2.38. The summed E-state index contributed by atoms with van der Waals surface area (Å²) >= 11 is 1.44. The third-order valence-corrected chi connectivity index (χ3v) is 7.76. The van der Waals surface area contributed by atoms with Crippen molar-refractivity contribution in [1.29, 1.82) is 0 Å². The predicted octanol–water partition coefficient (Wildman–Crippen LogP) is 4.73. The van der Waals surface area contributed by atoms with Crippen LogP contribution in [0.4, 0.5) is 0 Å². The van der Waals surface area contributed by atoms with Gasteiger partial charge in [0, 0.05) is 5.56 Å². The van der Waals surface area contributed by atoms with E-state index in [1.165, 1.54) is 28.0 Å². The van der Waals surface area contributed by atoms with Crippen molar-refractivity contribution < 1.29 is 9.47 Å². The van der Waals surface area contributed by atoms with Crippen LogP contribution in [0.1, 0.15) is 41.6 Å². The predicted molar refractivity (Wildman–Crippen MR) is 143 cm³/mol. The molecule has 0 N–H and O–H groups in total. The summed E-state index contributed by atoms with van der Waals surface area (Å²) < 4.78 is 13.7. The standard InChI is InChI=1S/C30H26N2O3S/c1-3-35-25-17-19(13-16-24(25)34-2)18-26-29(33)32-28(21-10-5-4-6-11-21)23-15-14-20-9-7-8-12-22(20)27(23)31-30(32)36-26/h4-13,16-18,28H,3,14-15H2,1-2H3/t28-/m0/s1. The third kappa shape index (κ3) is 3.78. The summed E-state index contributed by atoms with van der Waals surface area (Å²) in [6.07, 6.45) is 3.75. The Morgan fingerprint density at radius 3 is 2.64 bits per heavy atom. The highest BCUT2D eigenvalue weighted by Gasteiger charge is 2.32. The molecular formula is C30H26N2O3S. The minimum atomic E-state index is -0.164. The lowest BCUT2D eigenvalue weighted by molar-refractivity contribution is 0.311. The first-order valence-corrected chi connectivity index (χ1v) is 13.0. The summed E-state index contributed by atoms with van der Waals surface area (Å²) in [6.45, 7) is 2.47. The molecule has 0 radical (unpaired) electrons. The molecule has 1 aliphatic carbocycles. The van der Waals surface area contributed by atoms with Gasteiger partial charge < -0.3 is 9.47 Å². The highest BCUT2D eigenvalue weighted by Crippen LogP contribution is 2.41. The number of thiazole rings is 1. The van der Waals surface area contributed by atoms with E-state index in [0.29, 0.717) is 22.6 Å². The molecule has 1 atom stereocenters. The second kappa shape index (κ2) is 9.28. The first-order chi connectivity index (χ1) is 17.7. The molecule has 5 nitrogen and oxygen atoms in total. The summed E-state index contributed by atoms with van der Waals surface area (Å²) in [6, 6.07) is 24.3. The molecule has 0 fully saturated rings. The van der Waals surface area contributed by atoms with Crippen molar-refractivity contribution in [3.63, 3.8) is 0 Å². The van der Waals surface area contributed by atoms with Gasteiger partial charge in [-0.15, -0.1) is 0 Å². The van der Waals surface area contributed by atoms with Crippen LogP contribution in [-0.4, -0.2) is 18.3 Å². The van der Waals surface area contributed by atoms with E-state index in [-0.39, 0.29) is 11.6 Å². The van der Waals surface area contributed by atoms with E-state index in [1.807, 2.05) is 54.0 Å². The fourth-order valence-corrected chi connectivity index (χ4v) is 6.16. The van der Waals surface area contributed by atoms with E-state index < -0.39 is 0 Å².